The average molecular weight is 261 g/mol. The van der Waals surface area contributed by atoms with E-state index >= 15 is 0 Å². The van der Waals surface area contributed by atoms with Gasteiger partial charge in [0.1, 0.15) is 0 Å². The molecule has 3 rings (SSSR count). The highest BCUT2D eigenvalue weighted by atomic mass is 16.5. The molecule has 2 aliphatic rings. The lowest BCUT2D eigenvalue weighted by atomic mass is 9.78. The van der Waals surface area contributed by atoms with E-state index in [-0.39, 0.29) is 5.54 Å². The van der Waals surface area contributed by atoms with Crippen molar-refractivity contribution < 1.29 is 4.74 Å². The molecule has 19 heavy (non-hydrogen) atoms. The second kappa shape index (κ2) is 4.91. The van der Waals surface area contributed by atoms with Crippen molar-refractivity contribution in [1.29, 1.82) is 0 Å². The van der Waals surface area contributed by atoms with Crippen LogP contribution in [0.2, 0.25) is 0 Å². The first-order chi connectivity index (χ1) is 9.25. The van der Waals surface area contributed by atoms with Gasteiger partial charge in [-0.15, -0.1) is 0 Å². The normalized spacial score (nSPS) is 21.5. The van der Waals surface area contributed by atoms with Crippen LogP contribution < -0.4 is 15.0 Å². The fraction of sp³-hybridized carbons (Fsp3) is 0.667. The van der Waals surface area contributed by atoms with Crippen molar-refractivity contribution in [2.75, 3.05) is 30.9 Å². The predicted molar refractivity (Wildman–Crippen MR) is 78.1 cm³/mol. The van der Waals surface area contributed by atoms with Crippen LogP contribution in [0.1, 0.15) is 38.5 Å². The van der Waals surface area contributed by atoms with Gasteiger partial charge in [0.15, 0.2) is 5.82 Å². The number of anilines is 2. The van der Waals surface area contributed by atoms with Gasteiger partial charge in [-0.05, 0) is 25.3 Å². The zero-order valence-electron chi connectivity index (χ0n) is 11.9. The molecule has 0 bridgehead atoms. The number of rotatable bonds is 1. The van der Waals surface area contributed by atoms with Crippen LogP contribution in [-0.2, 0) is 0 Å². The van der Waals surface area contributed by atoms with E-state index in [0.717, 1.165) is 18.1 Å². The molecule has 1 N–H and O–H groups in total. The zero-order chi connectivity index (χ0) is 13.3. The number of pyridine rings is 1. The molecule has 0 unspecified atom stereocenters. The summed E-state index contributed by atoms with van der Waals surface area (Å²) < 4.78 is 5.28. The maximum atomic E-state index is 5.28. The van der Waals surface area contributed by atoms with E-state index in [1.54, 1.807) is 7.11 Å². The van der Waals surface area contributed by atoms with Gasteiger partial charge in [0, 0.05) is 25.2 Å². The molecular weight excluding hydrogens is 238 g/mol. The lowest BCUT2D eigenvalue weighted by molar-refractivity contribution is 0.273. The van der Waals surface area contributed by atoms with Crippen LogP contribution in [0.15, 0.2) is 12.1 Å². The maximum absolute atomic E-state index is 5.28. The Hall–Kier alpha value is -1.45. The number of hydrogen-bond donors (Lipinski definition) is 1. The van der Waals surface area contributed by atoms with Crippen LogP contribution in [0.3, 0.4) is 0 Å². The third-order valence-corrected chi connectivity index (χ3v) is 4.78. The monoisotopic (exact) mass is 261 g/mol. The van der Waals surface area contributed by atoms with Crippen molar-refractivity contribution >= 4 is 11.5 Å². The predicted octanol–water partition coefficient (Wildman–Crippen LogP) is 3.04. The highest BCUT2D eigenvalue weighted by Gasteiger charge is 2.38. The van der Waals surface area contributed by atoms with Crippen molar-refractivity contribution in [3.8, 4) is 5.88 Å². The van der Waals surface area contributed by atoms with Gasteiger partial charge < -0.3 is 15.0 Å². The third-order valence-electron chi connectivity index (χ3n) is 4.78. The second-order valence-electron chi connectivity index (χ2n) is 5.75. The SMILES string of the molecule is COc1ccc2c(n1)N(C)C1(CCCCC1)CCN2. The molecule has 104 valence electrons. The Kier molecular flexibility index (Phi) is 3.25. The molecule has 0 aromatic carbocycles. The van der Waals surface area contributed by atoms with Crippen molar-refractivity contribution in [2.24, 2.45) is 0 Å². The summed E-state index contributed by atoms with van der Waals surface area (Å²) in [6.07, 6.45) is 7.81. The number of fused-ring (bicyclic) bond motifs is 1. The molecule has 2 heterocycles. The Morgan fingerprint density at radius 3 is 2.74 bits per heavy atom. The molecular formula is C15H23N3O. The fourth-order valence-corrected chi connectivity index (χ4v) is 3.56. The number of methoxy groups -OCH3 is 1. The van der Waals surface area contributed by atoms with Gasteiger partial charge in [-0.25, -0.2) is 0 Å². The van der Waals surface area contributed by atoms with Crippen LogP contribution in [-0.4, -0.2) is 31.2 Å². The van der Waals surface area contributed by atoms with E-state index in [0.29, 0.717) is 5.88 Å². The van der Waals surface area contributed by atoms with Gasteiger partial charge in [0.2, 0.25) is 5.88 Å². The van der Waals surface area contributed by atoms with E-state index in [1.165, 1.54) is 38.5 Å². The Morgan fingerprint density at radius 1 is 1.21 bits per heavy atom. The van der Waals surface area contributed by atoms with E-state index in [9.17, 15) is 0 Å². The topological polar surface area (TPSA) is 37.4 Å². The Bertz CT molecular complexity index is 455. The third kappa shape index (κ3) is 2.13. The van der Waals surface area contributed by atoms with E-state index < -0.39 is 0 Å². The van der Waals surface area contributed by atoms with Gasteiger partial charge in [-0.1, -0.05) is 19.3 Å². The number of nitrogens with zero attached hydrogens (tertiary/aromatic N) is 2. The summed E-state index contributed by atoms with van der Waals surface area (Å²) in [5.41, 5.74) is 1.42. The van der Waals surface area contributed by atoms with E-state index in [2.05, 4.69) is 28.3 Å². The summed E-state index contributed by atoms with van der Waals surface area (Å²) in [5.74, 6) is 1.74. The molecule has 1 saturated carbocycles. The molecule has 0 amide bonds. The summed E-state index contributed by atoms with van der Waals surface area (Å²) in [7, 11) is 3.87. The number of hydrogen-bond acceptors (Lipinski definition) is 4. The van der Waals surface area contributed by atoms with Crippen molar-refractivity contribution in [2.45, 2.75) is 44.1 Å². The van der Waals surface area contributed by atoms with Crippen LogP contribution in [0.4, 0.5) is 11.5 Å². The standard InChI is InChI=1S/C15H23N3O/c1-18-14-12(6-7-13(17-14)19-2)16-11-10-15(18)8-4-3-5-9-15/h6-7,16H,3-5,8-11H2,1-2H3. The van der Waals surface area contributed by atoms with Crippen LogP contribution >= 0.6 is 0 Å². The largest absolute Gasteiger partial charge is 0.481 e. The van der Waals surface area contributed by atoms with Crippen molar-refractivity contribution in [1.82, 2.24) is 4.98 Å². The first-order valence-electron chi connectivity index (χ1n) is 7.28. The van der Waals surface area contributed by atoms with Crippen LogP contribution in [0, 0.1) is 0 Å². The quantitative estimate of drug-likeness (QED) is 0.843. The van der Waals surface area contributed by atoms with E-state index in [4.69, 9.17) is 4.74 Å². The molecule has 0 radical (unpaired) electrons. The zero-order valence-corrected chi connectivity index (χ0v) is 11.9. The smallest absolute Gasteiger partial charge is 0.215 e. The summed E-state index contributed by atoms with van der Waals surface area (Å²) in [6.45, 7) is 1.03. The Labute approximate surface area is 115 Å². The Morgan fingerprint density at radius 2 is 2.00 bits per heavy atom. The van der Waals surface area contributed by atoms with Gasteiger partial charge in [0.05, 0.1) is 12.8 Å². The number of aromatic nitrogens is 1. The second-order valence-corrected chi connectivity index (χ2v) is 5.75. The van der Waals surface area contributed by atoms with E-state index in [1.807, 2.05) is 6.07 Å². The molecule has 1 fully saturated rings. The van der Waals surface area contributed by atoms with Crippen molar-refractivity contribution in [3.63, 3.8) is 0 Å². The molecule has 0 atom stereocenters. The van der Waals surface area contributed by atoms with Crippen molar-refractivity contribution in [3.05, 3.63) is 12.1 Å². The molecule has 4 heteroatoms. The lowest BCUT2D eigenvalue weighted by Gasteiger charge is -2.44. The minimum absolute atomic E-state index is 0.288. The highest BCUT2D eigenvalue weighted by molar-refractivity contribution is 5.68. The maximum Gasteiger partial charge on any atom is 0.215 e. The summed E-state index contributed by atoms with van der Waals surface area (Å²) in [6, 6.07) is 4.01. The molecule has 1 aromatic heterocycles. The molecule has 4 nitrogen and oxygen atoms in total. The number of nitrogens with one attached hydrogen (secondary N) is 1. The van der Waals surface area contributed by atoms with Gasteiger partial charge in [0.25, 0.3) is 0 Å². The highest BCUT2D eigenvalue weighted by Crippen LogP contribution is 2.42. The van der Waals surface area contributed by atoms with Gasteiger partial charge >= 0.3 is 0 Å². The molecule has 1 aliphatic carbocycles. The van der Waals surface area contributed by atoms with Crippen LogP contribution in [0.5, 0.6) is 5.88 Å². The number of ether oxygens (including phenoxy) is 1. The molecule has 0 saturated heterocycles. The Balaban J connectivity index is 1.99. The minimum atomic E-state index is 0.288. The molecule has 1 aliphatic heterocycles. The fourth-order valence-electron chi connectivity index (χ4n) is 3.56. The molecule has 1 aromatic rings. The first-order valence-corrected chi connectivity index (χ1v) is 7.28. The summed E-state index contributed by atoms with van der Waals surface area (Å²) >= 11 is 0. The summed E-state index contributed by atoms with van der Waals surface area (Å²) in [4.78, 5) is 7.07. The van der Waals surface area contributed by atoms with Gasteiger partial charge in [-0.2, -0.15) is 4.98 Å². The average Bonchev–Trinajstić information content (AvgIpc) is 2.59. The summed E-state index contributed by atoms with van der Waals surface area (Å²) in [5, 5.41) is 3.52. The van der Waals surface area contributed by atoms with Crippen LogP contribution in [0.25, 0.3) is 0 Å². The minimum Gasteiger partial charge on any atom is -0.481 e. The lowest BCUT2D eigenvalue weighted by Crippen LogP contribution is -2.48. The van der Waals surface area contributed by atoms with Gasteiger partial charge in [-0.3, -0.25) is 0 Å². The first kappa shape index (κ1) is 12.6. The molecule has 1 spiro atoms.